The third-order valence-electron chi connectivity index (χ3n) is 2.47. The van der Waals surface area contributed by atoms with Crippen molar-refractivity contribution in [3.05, 3.63) is 40.3 Å². The SMILES string of the molecule is O=C(Nc1nnc(Cc2cccs2)o1)C1=COCCO1. The van der Waals surface area contributed by atoms with Crippen molar-refractivity contribution in [2.75, 3.05) is 18.5 Å². The third-order valence-corrected chi connectivity index (χ3v) is 3.34. The van der Waals surface area contributed by atoms with Crippen LogP contribution in [0.2, 0.25) is 0 Å². The zero-order valence-electron chi connectivity index (χ0n) is 10.4. The largest absolute Gasteiger partial charge is 0.494 e. The van der Waals surface area contributed by atoms with E-state index in [1.807, 2.05) is 17.5 Å². The molecule has 0 fully saturated rings. The number of hydrogen-bond acceptors (Lipinski definition) is 7. The highest BCUT2D eigenvalue weighted by molar-refractivity contribution is 7.09. The van der Waals surface area contributed by atoms with Gasteiger partial charge in [-0.2, -0.15) is 0 Å². The van der Waals surface area contributed by atoms with Gasteiger partial charge in [0, 0.05) is 4.88 Å². The molecule has 104 valence electrons. The zero-order valence-corrected chi connectivity index (χ0v) is 11.2. The van der Waals surface area contributed by atoms with Crippen LogP contribution in [0.15, 0.2) is 34.0 Å². The van der Waals surface area contributed by atoms with E-state index in [2.05, 4.69) is 15.5 Å². The van der Waals surface area contributed by atoms with Crippen LogP contribution in [-0.2, 0) is 20.7 Å². The highest BCUT2D eigenvalue weighted by Gasteiger charge is 2.18. The van der Waals surface area contributed by atoms with E-state index >= 15 is 0 Å². The van der Waals surface area contributed by atoms with Gasteiger partial charge in [0.2, 0.25) is 11.6 Å². The Labute approximate surface area is 118 Å². The molecule has 0 atom stereocenters. The predicted molar refractivity (Wildman–Crippen MR) is 70.0 cm³/mol. The number of nitrogens with one attached hydrogen (secondary N) is 1. The molecular formula is C12H11N3O4S. The minimum absolute atomic E-state index is 0.0385. The lowest BCUT2D eigenvalue weighted by atomic mass is 10.3. The van der Waals surface area contributed by atoms with Gasteiger partial charge in [0.05, 0.1) is 6.42 Å². The Morgan fingerprint density at radius 2 is 2.35 bits per heavy atom. The minimum Gasteiger partial charge on any atom is -0.494 e. The molecule has 1 aliphatic rings. The van der Waals surface area contributed by atoms with Crippen LogP contribution in [0.5, 0.6) is 0 Å². The Hall–Kier alpha value is -2.35. The number of aromatic nitrogens is 2. The molecule has 0 spiro atoms. The van der Waals surface area contributed by atoms with Gasteiger partial charge in [-0.15, -0.1) is 16.4 Å². The number of hydrogen-bond donors (Lipinski definition) is 1. The van der Waals surface area contributed by atoms with Gasteiger partial charge in [0.25, 0.3) is 5.91 Å². The van der Waals surface area contributed by atoms with Crippen molar-refractivity contribution in [2.24, 2.45) is 0 Å². The molecule has 0 aliphatic carbocycles. The lowest BCUT2D eigenvalue weighted by molar-refractivity contribution is -0.117. The molecule has 3 rings (SSSR count). The first-order valence-electron chi connectivity index (χ1n) is 5.92. The summed E-state index contributed by atoms with van der Waals surface area (Å²) in [5, 5.41) is 12.1. The fourth-order valence-electron chi connectivity index (χ4n) is 1.58. The number of carbonyl (C=O) groups is 1. The smallest absolute Gasteiger partial charge is 0.322 e. The number of ether oxygens (including phenoxy) is 2. The molecule has 0 bridgehead atoms. The molecule has 1 amide bonds. The van der Waals surface area contributed by atoms with Crippen LogP contribution in [0.25, 0.3) is 0 Å². The molecule has 7 nitrogen and oxygen atoms in total. The second-order valence-corrected chi connectivity index (χ2v) is 4.94. The van der Waals surface area contributed by atoms with Crippen molar-refractivity contribution < 1.29 is 18.7 Å². The Bertz CT molecular complexity index is 620. The van der Waals surface area contributed by atoms with E-state index in [1.165, 1.54) is 6.26 Å². The third kappa shape index (κ3) is 2.97. The first kappa shape index (κ1) is 12.7. The normalized spacial score (nSPS) is 14.1. The van der Waals surface area contributed by atoms with Gasteiger partial charge in [-0.25, -0.2) is 0 Å². The molecule has 8 heteroatoms. The minimum atomic E-state index is -0.476. The average Bonchev–Trinajstić information content (AvgIpc) is 3.12. The maximum atomic E-state index is 11.8. The molecule has 0 radical (unpaired) electrons. The number of thiophene rings is 1. The number of amides is 1. The van der Waals surface area contributed by atoms with Crippen LogP contribution in [0.3, 0.4) is 0 Å². The van der Waals surface area contributed by atoms with Crippen LogP contribution >= 0.6 is 11.3 Å². The summed E-state index contributed by atoms with van der Waals surface area (Å²) in [6.45, 7) is 0.773. The van der Waals surface area contributed by atoms with E-state index in [0.29, 0.717) is 25.5 Å². The maximum Gasteiger partial charge on any atom is 0.322 e. The summed E-state index contributed by atoms with van der Waals surface area (Å²) in [5.41, 5.74) is 0. The Balaban J connectivity index is 1.62. The lowest BCUT2D eigenvalue weighted by Gasteiger charge is -2.13. The van der Waals surface area contributed by atoms with Gasteiger partial charge in [-0.3, -0.25) is 10.1 Å². The van der Waals surface area contributed by atoms with E-state index in [9.17, 15) is 4.79 Å². The quantitative estimate of drug-likeness (QED) is 0.920. The van der Waals surface area contributed by atoms with Gasteiger partial charge in [-0.1, -0.05) is 11.2 Å². The van der Waals surface area contributed by atoms with Gasteiger partial charge in [0.1, 0.15) is 19.5 Å². The molecule has 2 aromatic rings. The molecule has 2 aromatic heterocycles. The van der Waals surface area contributed by atoms with Crippen molar-refractivity contribution in [3.8, 4) is 0 Å². The van der Waals surface area contributed by atoms with E-state index < -0.39 is 5.91 Å². The topological polar surface area (TPSA) is 86.5 Å². The van der Waals surface area contributed by atoms with Crippen LogP contribution in [0.4, 0.5) is 6.01 Å². The van der Waals surface area contributed by atoms with Crippen molar-refractivity contribution >= 4 is 23.3 Å². The van der Waals surface area contributed by atoms with Crippen molar-refractivity contribution in [1.29, 1.82) is 0 Å². The number of nitrogens with zero attached hydrogens (tertiary/aromatic N) is 2. The molecule has 0 saturated heterocycles. The van der Waals surface area contributed by atoms with Crippen LogP contribution in [0, 0.1) is 0 Å². The summed E-state index contributed by atoms with van der Waals surface area (Å²) in [6.07, 6.45) is 1.81. The van der Waals surface area contributed by atoms with E-state index in [-0.39, 0.29) is 11.8 Å². The first-order chi connectivity index (χ1) is 9.81. The molecule has 20 heavy (non-hydrogen) atoms. The summed E-state index contributed by atoms with van der Waals surface area (Å²) in [5.74, 6) is 0.0582. The molecule has 0 unspecified atom stereocenters. The molecular weight excluding hydrogens is 282 g/mol. The maximum absolute atomic E-state index is 11.8. The Kier molecular flexibility index (Phi) is 3.64. The second-order valence-electron chi connectivity index (χ2n) is 3.91. The Morgan fingerprint density at radius 3 is 3.10 bits per heavy atom. The lowest BCUT2D eigenvalue weighted by Crippen LogP contribution is -2.21. The van der Waals surface area contributed by atoms with Crippen LogP contribution < -0.4 is 5.32 Å². The molecule has 1 aliphatic heterocycles. The highest BCUT2D eigenvalue weighted by atomic mass is 32.1. The van der Waals surface area contributed by atoms with Crippen molar-refractivity contribution in [1.82, 2.24) is 10.2 Å². The number of anilines is 1. The highest BCUT2D eigenvalue weighted by Crippen LogP contribution is 2.16. The monoisotopic (exact) mass is 293 g/mol. The van der Waals surface area contributed by atoms with Crippen LogP contribution in [-0.4, -0.2) is 29.3 Å². The zero-order chi connectivity index (χ0) is 13.8. The van der Waals surface area contributed by atoms with Crippen molar-refractivity contribution in [3.63, 3.8) is 0 Å². The number of rotatable bonds is 4. The van der Waals surface area contributed by atoms with Gasteiger partial charge >= 0.3 is 6.01 Å². The fraction of sp³-hybridized carbons (Fsp3) is 0.250. The second kappa shape index (κ2) is 5.74. The summed E-state index contributed by atoms with van der Waals surface area (Å²) < 4.78 is 15.5. The molecule has 1 N–H and O–H groups in total. The summed E-state index contributed by atoms with van der Waals surface area (Å²) in [6, 6.07) is 3.97. The predicted octanol–water partition coefficient (Wildman–Crippen LogP) is 1.55. The van der Waals surface area contributed by atoms with Gasteiger partial charge in [0.15, 0.2) is 0 Å². The summed E-state index contributed by atoms with van der Waals surface area (Å²) in [4.78, 5) is 12.9. The van der Waals surface area contributed by atoms with E-state index in [0.717, 1.165) is 4.88 Å². The average molecular weight is 293 g/mol. The van der Waals surface area contributed by atoms with Gasteiger partial charge < -0.3 is 13.9 Å². The standard InChI is InChI=1S/C12H11N3O4S/c16-11(9-7-17-3-4-18-9)13-12-15-14-10(19-12)6-8-2-1-5-20-8/h1-2,5,7H,3-4,6H2,(H,13,15,16). The first-order valence-corrected chi connectivity index (χ1v) is 6.80. The summed E-state index contributed by atoms with van der Waals surface area (Å²) >= 11 is 1.60. The number of carbonyl (C=O) groups excluding carboxylic acids is 1. The van der Waals surface area contributed by atoms with Gasteiger partial charge in [-0.05, 0) is 11.4 Å². The van der Waals surface area contributed by atoms with E-state index in [1.54, 1.807) is 11.3 Å². The Morgan fingerprint density at radius 1 is 1.40 bits per heavy atom. The van der Waals surface area contributed by atoms with E-state index in [4.69, 9.17) is 13.9 Å². The summed E-state index contributed by atoms with van der Waals surface area (Å²) in [7, 11) is 0. The fourth-order valence-corrected chi connectivity index (χ4v) is 2.28. The molecule has 0 saturated carbocycles. The van der Waals surface area contributed by atoms with Crippen molar-refractivity contribution in [2.45, 2.75) is 6.42 Å². The molecule has 0 aromatic carbocycles. The molecule has 3 heterocycles. The van der Waals surface area contributed by atoms with Crippen LogP contribution in [0.1, 0.15) is 10.8 Å².